The first kappa shape index (κ1) is 12.2. The van der Waals surface area contributed by atoms with Gasteiger partial charge in [0.25, 0.3) is 0 Å². The zero-order valence-electron chi connectivity index (χ0n) is 10.3. The molecule has 5 heteroatoms. The lowest BCUT2D eigenvalue weighted by Crippen LogP contribution is -2.04. The highest BCUT2D eigenvalue weighted by Crippen LogP contribution is 2.17. The summed E-state index contributed by atoms with van der Waals surface area (Å²) in [6, 6.07) is 6.97. The molecule has 0 saturated carbocycles. The fourth-order valence-electron chi connectivity index (χ4n) is 1.74. The van der Waals surface area contributed by atoms with Crippen LogP contribution in [0.25, 0.3) is 0 Å². The third-order valence-corrected chi connectivity index (χ3v) is 2.70. The maximum atomic E-state index is 10.8. The minimum atomic E-state index is -0.908. The number of aromatic nitrogens is 2. The summed E-state index contributed by atoms with van der Waals surface area (Å²) in [6.07, 6.45) is 1.89. The first-order chi connectivity index (χ1) is 8.56. The van der Waals surface area contributed by atoms with Gasteiger partial charge in [-0.1, -0.05) is 0 Å². The molecule has 0 aliphatic heterocycles. The number of hydrogen-bond donors (Lipinski definition) is 2. The second-order valence-electron chi connectivity index (χ2n) is 4.17. The van der Waals surface area contributed by atoms with Crippen molar-refractivity contribution < 1.29 is 9.90 Å². The number of nitrogens with zero attached hydrogens (tertiary/aromatic N) is 2. The van der Waals surface area contributed by atoms with Crippen molar-refractivity contribution in [3.63, 3.8) is 0 Å². The summed E-state index contributed by atoms with van der Waals surface area (Å²) in [4.78, 5) is 10.8. The third kappa shape index (κ3) is 2.68. The van der Waals surface area contributed by atoms with Crippen LogP contribution in [0.4, 0.5) is 5.69 Å². The highest BCUT2D eigenvalue weighted by molar-refractivity contribution is 5.88. The van der Waals surface area contributed by atoms with E-state index in [2.05, 4.69) is 10.4 Å². The number of carbonyl (C=O) groups is 1. The van der Waals surface area contributed by atoms with Crippen molar-refractivity contribution in [3.8, 4) is 0 Å². The molecule has 1 heterocycles. The molecule has 0 saturated heterocycles. The van der Waals surface area contributed by atoms with Crippen molar-refractivity contribution in [1.29, 1.82) is 0 Å². The molecule has 0 radical (unpaired) electrons. The molecule has 1 aromatic heterocycles. The second-order valence-corrected chi connectivity index (χ2v) is 4.17. The largest absolute Gasteiger partial charge is 0.478 e. The summed E-state index contributed by atoms with van der Waals surface area (Å²) in [7, 11) is 1.87. The van der Waals surface area contributed by atoms with Crippen LogP contribution in [0.2, 0.25) is 0 Å². The van der Waals surface area contributed by atoms with E-state index in [9.17, 15) is 4.79 Å². The average Bonchev–Trinajstić information content (AvgIpc) is 2.73. The Morgan fingerprint density at radius 3 is 2.78 bits per heavy atom. The van der Waals surface area contributed by atoms with E-state index in [0.717, 1.165) is 16.9 Å². The number of carboxylic acid groups (broad SMARTS) is 1. The molecule has 0 atom stereocenters. The number of hydrogen-bond acceptors (Lipinski definition) is 3. The molecule has 94 valence electrons. The average molecular weight is 245 g/mol. The van der Waals surface area contributed by atoms with Gasteiger partial charge in [-0.3, -0.25) is 4.68 Å². The van der Waals surface area contributed by atoms with Crippen LogP contribution in [0.3, 0.4) is 0 Å². The number of aryl methyl sites for hydroxylation is 2. The molecule has 2 N–H and O–H groups in total. The summed E-state index contributed by atoms with van der Waals surface area (Å²) in [6.45, 7) is 2.50. The minimum absolute atomic E-state index is 0.302. The van der Waals surface area contributed by atoms with Gasteiger partial charge < -0.3 is 10.4 Å². The van der Waals surface area contributed by atoms with Crippen molar-refractivity contribution in [2.24, 2.45) is 7.05 Å². The molecule has 18 heavy (non-hydrogen) atoms. The highest BCUT2D eigenvalue weighted by atomic mass is 16.4. The lowest BCUT2D eigenvalue weighted by molar-refractivity contribution is 0.0697. The van der Waals surface area contributed by atoms with Gasteiger partial charge in [0.15, 0.2) is 0 Å². The van der Waals surface area contributed by atoms with E-state index in [1.807, 2.05) is 26.2 Å². The van der Waals surface area contributed by atoms with Crippen LogP contribution < -0.4 is 5.32 Å². The molecular weight excluding hydrogens is 230 g/mol. The van der Waals surface area contributed by atoms with Gasteiger partial charge in [0.05, 0.1) is 17.8 Å². The summed E-state index contributed by atoms with van der Waals surface area (Å²) in [5, 5.41) is 16.4. The van der Waals surface area contributed by atoms with E-state index in [0.29, 0.717) is 12.1 Å². The van der Waals surface area contributed by atoms with Gasteiger partial charge in [-0.2, -0.15) is 5.10 Å². The Balaban J connectivity index is 2.08. The van der Waals surface area contributed by atoms with Crippen molar-refractivity contribution in [1.82, 2.24) is 9.78 Å². The first-order valence-corrected chi connectivity index (χ1v) is 5.62. The minimum Gasteiger partial charge on any atom is -0.478 e. The molecule has 1 aromatic carbocycles. The predicted molar refractivity (Wildman–Crippen MR) is 68.7 cm³/mol. The number of aromatic carboxylic acids is 1. The van der Waals surface area contributed by atoms with Gasteiger partial charge in [-0.05, 0) is 36.8 Å². The Hall–Kier alpha value is -2.30. The quantitative estimate of drug-likeness (QED) is 0.865. The van der Waals surface area contributed by atoms with E-state index in [1.165, 1.54) is 0 Å². The summed E-state index contributed by atoms with van der Waals surface area (Å²) >= 11 is 0. The van der Waals surface area contributed by atoms with Gasteiger partial charge in [-0.25, -0.2) is 4.79 Å². The fourth-order valence-corrected chi connectivity index (χ4v) is 1.74. The van der Waals surface area contributed by atoms with Gasteiger partial charge in [0, 0.05) is 18.9 Å². The lowest BCUT2D eigenvalue weighted by atomic mass is 10.1. The maximum absolute atomic E-state index is 10.8. The number of rotatable bonds is 4. The molecule has 0 aliphatic carbocycles. The SMILES string of the molecule is Cc1cc(C(=O)O)ccc1NCc1ccn(C)n1. The molecule has 0 bridgehead atoms. The topological polar surface area (TPSA) is 67.2 Å². The lowest BCUT2D eigenvalue weighted by Gasteiger charge is -2.08. The van der Waals surface area contributed by atoms with Gasteiger partial charge in [-0.15, -0.1) is 0 Å². The molecule has 2 rings (SSSR count). The van der Waals surface area contributed by atoms with E-state index in [-0.39, 0.29) is 0 Å². The Morgan fingerprint density at radius 1 is 1.44 bits per heavy atom. The van der Waals surface area contributed by atoms with E-state index in [1.54, 1.807) is 22.9 Å². The second kappa shape index (κ2) is 4.91. The van der Waals surface area contributed by atoms with Crippen LogP contribution >= 0.6 is 0 Å². The number of benzene rings is 1. The Bertz CT molecular complexity index is 575. The van der Waals surface area contributed by atoms with E-state index in [4.69, 9.17) is 5.11 Å². The molecule has 0 unspecified atom stereocenters. The molecule has 0 fully saturated rings. The third-order valence-electron chi connectivity index (χ3n) is 2.70. The predicted octanol–water partition coefficient (Wildman–Crippen LogP) is 2.04. The van der Waals surface area contributed by atoms with Crippen LogP contribution in [0, 0.1) is 6.92 Å². The molecule has 2 aromatic rings. The normalized spacial score (nSPS) is 10.3. The Morgan fingerprint density at radius 2 is 2.22 bits per heavy atom. The number of nitrogens with one attached hydrogen (secondary N) is 1. The summed E-state index contributed by atoms with van der Waals surface area (Å²) < 4.78 is 1.75. The van der Waals surface area contributed by atoms with Gasteiger partial charge in [0.1, 0.15) is 0 Å². The monoisotopic (exact) mass is 245 g/mol. The smallest absolute Gasteiger partial charge is 0.335 e. The Labute approximate surface area is 105 Å². The molecule has 0 aliphatic rings. The van der Waals surface area contributed by atoms with E-state index >= 15 is 0 Å². The maximum Gasteiger partial charge on any atom is 0.335 e. The molecule has 0 spiro atoms. The first-order valence-electron chi connectivity index (χ1n) is 5.62. The van der Waals surface area contributed by atoms with Crippen LogP contribution in [0.1, 0.15) is 21.6 Å². The van der Waals surface area contributed by atoms with Gasteiger partial charge >= 0.3 is 5.97 Å². The molecule has 5 nitrogen and oxygen atoms in total. The zero-order chi connectivity index (χ0) is 13.1. The standard InChI is InChI=1S/C13H15N3O2/c1-9-7-10(13(17)18)3-4-12(9)14-8-11-5-6-16(2)15-11/h3-7,14H,8H2,1-2H3,(H,17,18). The van der Waals surface area contributed by atoms with Crippen LogP contribution in [0.15, 0.2) is 30.5 Å². The summed E-state index contributed by atoms with van der Waals surface area (Å²) in [5.74, 6) is -0.908. The van der Waals surface area contributed by atoms with Crippen LogP contribution in [-0.4, -0.2) is 20.9 Å². The summed E-state index contributed by atoms with van der Waals surface area (Å²) in [5.41, 5.74) is 3.08. The van der Waals surface area contributed by atoms with Crippen molar-refractivity contribution in [2.45, 2.75) is 13.5 Å². The fraction of sp³-hybridized carbons (Fsp3) is 0.231. The van der Waals surface area contributed by atoms with E-state index < -0.39 is 5.97 Å². The molecule has 0 amide bonds. The zero-order valence-corrected chi connectivity index (χ0v) is 10.3. The van der Waals surface area contributed by atoms with Crippen LogP contribution in [0.5, 0.6) is 0 Å². The highest BCUT2D eigenvalue weighted by Gasteiger charge is 2.05. The Kier molecular flexibility index (Phi) is 3.32. The van der Waals surface area contributed by atoms with Crippen LogP contribution in [-0.2, 0) is 13.6 Å². The van der Waals surface area contributed by atoms with Crippen molar-refractivity contribution >= 4 is 11.7 Å². The molecular formula is C13H15N3O2. The number of carboxylic acids is 1. The number of anilines is 1. The van der Waals surface area contributed by atoms with Crippen molar-refractivity contribution in [3.05, 3.63) is 47.3 Å². The van der Waals surface area contributed by atoms with Crippen molar-refractivity contribution in [2.75, 3.05) is 5.32 Å². The van der Waals surface area contributed by atoms with Gasteiger partial charge in [0.2, 0.25) is 0 Å².